The first-order chi connectivity index (χ1) is 15.0. The predicted octanol–water partition coefficient (Wildman–Crippen LogP) is 3.42. The Morgan fingerprint density at radius 2 is 2.10 bits per heavy atom. The number of anilines is 2. The highest BCUT2D eigenvalue weighted by Gasteiger charge is 2.34. The Kier molecular flexibility index (Phi) is 4.72. The number of amides is 1. The van der Waals surface area contributed by atoms with E-state index in [1.165, 1.54) is 12.1 Å². The lowest BCUT2D eigenvalue weighted by Crippen LogP contribution is -2.46. The van der Waals surface area contributed by atoms with E-state index in [2.05, 4.69) is 27.3 Å². The average Bonchev–Trinajstić information content (AvgIpc) is 3.17. The molecule has 160 valence electrons. The zero-order chi connectivity index (χ0) is 21.5. The summed E-state index contributed by atoms with van der Waals surface area (Å²) in [6.45, 7) is 4.17. The van der Waals surface area contributed by atoms with Crippen LogP contribution in [0.1, 0.15) is 30.2 Å². The van der Waals surface area contributed by atoms with Gasteiger partial charge in [0, 0.05) is 6.07 Å². The van der Waals surface area contributed by atoms with Crippen molar-refractivity contribution in [1.29, 1.82) is 0 Å². The molecule has 2 aliphatic rings. The minimum absolute atomic E-state index is 0.00990. The van der Waals surface area contributed by atoms with E-state index in [9.17, 15) is 9.18 Å². The summed E-state index contributed by atoms with van der Waals surface area (Å²) < 4.78 is 30.5. The Bertz CT molecular complexity index is 1150. The molecule has 0 saturated carbocycles. The van der Waals surface area contributed by atoms with Crippen LogP contribution in [-0.4, -0.2) is 35.3 Å². The molecule has 1 aromatic heterocycles. The van der Waals surface area contributed by atoms with Crippen LogP contribution in [0.4, 0.5) is 15.8 Å². The molecule has 0 spiro atoms. The highest BCUT2D eigenvalue weighted by Crippen LogP contribution is 2.41. The van der Waals surface area contributed by atoms with E-state index >= 15 is 0 Å². The lowest BCUT2D eigenvalue weighted by molar-refractivity contribution is -0.118. The Hall–Kier alpha value is -3.62. The largest absolute Gasteiger partial charge is 0.489 e. The van der Waals surface area contributed by atoms with E-state index in [0.717, 1.165) is 11.3 Å². The van der Waals surface area contributed by atoms with Gasteiger partial charge in [0.05, 0.1) is 29.9 Å². The van der Waals surface area contributed by atoms with Gasteiger partial charge in [0.1, 0.15) is 23.9 Å². The van der Waals surface area contributed by atoms with Gasteiger partial charge < -0.3 is 24.2 Å². The smallest absolute Gasteiger partial charge is 0.262 e. The van der Waals surface area contributed by atoms with Gasteiger partial charge in [-0.3, -0.25) is 4.79 Å². The van der Waals surface area contributed by atoms with E-state index in [-0.39, 0.29) is 30.4 Å². The van der Waals surface area contributed by atoms with Crippen LogP contribution >= 0.6 is 0 Å². The Morgan fingerprint density at radius 1 is 1.23 bits per heavy atom. The number of carbonyl (C=O) groups excluding carboxylic acids is 1. The third kappa shape index (κ3) is 3.67. The number of fused-ring (bicyclic) bond motifs is 2. The summed E-state index contributed by atoms with van der Waals surface area (Å²) in [6, 6.07) is 10.0. The zero-order valence-corrected chi connectivity index (χ0v) is 17.1. The first-order valence-electron chi connectivity index (χ1n) is 10.0. The standard InChI is InChI=1S/C22H21FN4O4/c1-12(14-3-6-19-17(7-14)25-21(28)11-30-19)27-16(9-22-24-13(2)26-31-22)10-29-20-8-15(23)4-5-18(20)27/h3-8,12,16H,9-11H2,1-2H3,(H,25,28)/t12-,16+/m0/s1. The fraction of sp³-hybridized carbons (Fsp3) is 0.318. The normalized spacial score (nSPS) is 18.4. The first kappa shape index (κ1) is 19.3. The maximum atomic E-state index is 13.8. The molecule has 2 aromatic carbocycles. The van der Waals surface area contributed by atoms with Crippen molar-refractivity contribution in [2.24, 2.45) is 0 Å². The molecule has 5 rings (SSSR count). The van der Waals surface area contributed by atoms with Crippen LogP contribution in [0.2, 0.25) is 0 Å². The number of aryl methyl sites for hydroxylation is 1. The van der Waals surface area contributed by atoms with Crippen molar-refractivity contribution in [2.45, 2.75) is 32.4 Å². The molecule has 1 amide bonds. The summed E-state index contributed by atoms with van der Waals surface area (Å²) in [6.07, 6.45) is 0.479. The quantitative estimate of drug-likeness (QED) is 0.686. The van der Waals surface area contributed by atoms with Crippen molar-refractivity contribution in [3.63, 3.8) is 0 Å². The van der Waals surface area contributed by atoms with E-state index in [4.69, 9.17) is 14.0 Å². The van der Waals surface area contributed by atoms with Gasteiger partial charge >= 0.3 is 0 Å². The molecule has 3 aromatic rings. The molecule has 9 heteroatoms. The lowest BCUT2D eigenvalue weighted by Gasteiger charge is -2.42. The van der Waals surface area contributed by atoms with Gasteiger partial charge in [-0.2, -0.15) is 4.98 Å². The number of aromatic nitrogens is 2. The van der Waals surface area contributed by atoms with Crippen LogP contribution in [-0.2, 0) is 11.2 Å². The highest BCUT2D eigenvalue weighted by molar-refractivity contribution is 5.95. The van der Waals surface area contributed by atoms with Gasteiger partial charge in [0.25, 0.3) is 5.91 Å². The molecule has 3 heterocycles. The number of halogens is 1. The molecule has 0 bridgehead atoms. The summed E-state index contributed by atoms with van der Waals surface area (Å²) in [7, 11) is 0. The number of nitrogens with zero attached hydrogens (tertiary/aromatic N) is 3. The van der Waals surface area contributed by atoms with E-state index in [1.54, 1.807) is 13.0 Å². The van der Waals surface area contributed by atoms with E-state index in [0.29, 0.717) is 41.9 Å². The molecular weight excluding hydrogens is 403 g/mol. The fourth-order valence-electron chi connectivity index (χ4n) is 4.11. The molecule has 2 aliphatic heterocycles. The predicted molar refractivity (Wildman–Crippen MR) is 110 cm³/mol. The molecule has 0 saturated heterocycles. The molecule has 0 radical (unpaired) electrons. The summed E-state index contributed by atoms with van der Waals surface area (Å²) in [5.41, 5.74) is 2.38. The summed E-state index contributed by atoms with van der Waals surface area (Å²) in [5, 5.41) is 6.72. The van der Waals surface area contributed by atoms with Gasteiger partial charge in [-0.15, -0.1) is 0 Å². The maximum absolute atomic E-state index is 13.8. The van der Waals surface area contributed by atoms with Crippen molar-refractivity contribution in [1.82, 2.24) is 10.1 Å². The van der Waals surface area contributed by atoms with E-state index < -0.39 is 0 Å². The molecule has 0 aliphatic carbocycles. The van der Waals surface area contributed by atoms with Gasteiger partial charge in [0.15, 0.2) is 12.4 Å². The first-order valence-corrected chi connectivity index (χ1v) is 10.0. The minimum Gasteiger partial charge on any atom is -0.489 e. The lowest BCUT2D eigenvalue weighted by atomic mass is 9.99. The maximum Gasteiger partial charge on any atom is 0.262 e. The van der Waals surface area contributed by atoms with E-state index in [1.807, 2.05) is 18.2 Å². The third-order valence-corrected chi connectivity index (χ3v) is 5.54. The number of carbonyl (C=O) groups is 1. The highest BCUT2D eigenvalue weighted by atomic mass is 19.1. The van der Waals surface area contributed by atoms with Crippen molar-refractivity contribution in [2.75, 3.05) is 23.4 Å². The number of ether oxygens (including phenoxy) is 2. The van der Waals surface area contributed by atoms with Gasteiger partial charge in [-0.1, -0.05) is 11.2 Å². The third-order valence-electron chi connectivity index (χ3n) is 5.54. The molecule has 0 unspecified atom stereocenters. The second-order valence-corrected chi connectivity index (χ2v) is 7.69. The summed E-state index contributed by atoms with van der Waals surface area (Å²) >= 11 is 0. The van der Waals surface area contributed by atoms with Crippen molar-refractivity contribution in [3.05, 3.63) is 59.5 Å². The number of hydrogen-bond acceptors (Lipinski definition) is 7. The number of hydrogen-bond donors (Lipinski definition) is 1. The Labute approximate surface area is 178 Å². The molecular formula is C22H21FN4O4. The zero-order valence-electron chi connectivity index (χ0n) is 17.1. The van der Waals surface area contributed by atoms with Crippen LogP contribution < -0.4 is 19.7 Å². The number of benzene rings is 2. The summed E-state index contributed by atoms with van der Waals surface area (Å²) in [4.78, 5) is 18.2. The van der Waals surface area contributed by atoms with Crippen LogP contribution in [0, 0.1) is 12.7 Å². The average molecular weight is 424 g/mol. The Morgan fingerprint density at radius 3 is 2.90 bits per heavy atom. The molecule has 1 N–H and O–H groups in total. The van der Waals surface area contributed by atoms with Crippen LogP contribution in [0.3, 0.4) is 0 Å². The monoisotopic (exact) mass is 424 g/mol. The Balaban J connectivity index is 1.52. The van der Waals surface area contributed by atoms with Crippen LogP contribution in [0.25, 0.3) is 0 Å². The van der Waals surface area contributed by atoms with Gasteiger partial charge in [-0.05, 0) is 43.7 Å². The summed E-state index contributed by atoms with van der Waals surface area (Å²) in [5.74, 6) is 1.66. The van der Waals surface area contributed by atoms with Crippen molar-refractivity contribution in [3.8, 4) is 11.5 Å². The van der Waals surface area contributed by atoms with Crippen molar-refractivity contribution < 1.29 is 23.2 Å². The second-order valence-electron chi connectivity index (χ2n) is 7.69. The molecule has 0 fully saturated rings. The van der Waals surface area contributed by atoms with Gasteiger partial charge in [0.2, 0.25) is 5.89 Å². The van der Waals surface area contributed by atoms with Crippen LogP contribution in [0.15, 0.2) is 40.9 Å². The SMILES string of the molecule is Cc1noc(C[C@@H]2COc3cc(F)ccc3N2[C@@H](C)c2ccc3c(c2)NC(=O)CO3)n1. The number of nitrogens with one attached hydrogen (secondary N) is 1. The topological polar surface area (TPSA) is 89.7 Å². The number of rotatable bonds is 4. The second kappa shape index (κ2) is 7.57. The van der Waals surface area contributed by atoms with Crippen LogP contribution in [0.5, 0.6) is 11.5 Å². The minimum atomic E-state index is -0.356. The van der Waals surface area contributed by atoms with Crippen molar-refractivity contribution >= 4 is 17.3 Å². The molecule has 2 atom stereocenters. The van der Waals surface area contributed by atoms with Gasteiger partial charge in [-0.25, -0.2) is 4.39 Å². The molecule has 31 heavy (non-hydrogen) atoms. The fourth-order valence-corrected chi connectivity index (χ4v) is 4.11. The molecule has 8 nitrogen and oxygen atoms in total.